The van der Waals surface area contributed by atoms with Gasteiger partial charge in [-0.25, -0.2) is 0 Å². The summed E-state index contributed by atoms with van der Waals surface area (Å²) in [6.45, 7) is 0. The summed E-state index contributed by atoms with van der Waals surface area (Å²) < 4.78 is 52.8. The molecule has 4 nitrogen and oxygen atoms in total. The third-order valence-electron chi connectivity index (χ3n) is 2.42. The molecule has 18 heavy (non-hydrogen) atoms. The summed E-state index contributed by atoms with van der Waals surface area (Å²) >= 11 is 0. The highest BCUT2D eigenvalue weighted by molar-refractivity contribution is 5.56. The first-order chi connectivity index (χ1) is 8.36. The van der Waals surface area contributed by atoms with Gasteiger partial charge in [-0.2, -0.15) is 13.2 Å². The van der Waals surface area contributed by atoms with E-state index in [4.69, 9.17) is 19.9 Å². The van der Waals surface area contributed by atoms with Crippen molar-refractivity contribution in [2.24, 2.45) is 5.73 Å². The molecule has 0 heterocycles. The van der Waals surface area contributed by atoms with Gasteiger partial charge >= 0.3 is 6.18 Å². The third kappa shape index (κ3) is 2.61. The molecule has 0 aliphatic heterocycles. The average Bonchev–Trinajstić information content (AvgIpc) is 2.34. The highest BCUT2D eigenvalue weighted by Crippen LogP contribution is 2.44. The molecular weight excluding hydrogens is 251 g/mol. The summed E-state index contributed by atoms with van der Waals surface area (Å²) in [6.07, 6.45) is -4.56. The van der Waals surface area contributed by atoms with Crippen LogP contribution in [0.3, 0.4) is 0 Å². The van der Waals surface area contributed by atoms with Crippen LogP contribution >= 0.6 is 0 Å². The van der Waals surface area contributed by atoms with Crippen molar-refractivity contribution in [1.82, 2.24) is 0 Å². The fourth-order valence-electron chi connectivity index (χ4n) is 1.55. The highest BCUT2D eigenvalue weighted by atomic mass is 19.4. The largest absolute Gasteiger partial charge is 0.493 e. The molecule has 7 heteroatoms. The zero-order valence-corrected chi connectivity index (χ0v) is 10.2. The quantitative estimate of drug-likeness (QED) is 0.907. The summed E-state index contributed by atoms with van der Waals surface area (Å²) in [7, 11) is 3.92. The van der Waals surface area contributed by atoms with Gasteiger partial charge in [0, 0.05) is 5.56 Å². The molecule has 0 aliphatic rings. The maximum atomic E-state index is 12.6. The Morgan fingerprint density at radius 1 is 1.00 bits per heavy atom. The molecule has 0 radical (unpaired) electrons. The SMILES string of the molecule is COc1ccc([C@H](N)C(F)(F)F)c(OC)c1OC. The lowest BCUT2D eigenvalue weighted by Gasteiger charge is -2.21. The fraction of sp³-hybridized carbons (Fsp3) is 0.455. The Morgan fingerprint density at radius 2 is 1.56 bits per heavy atom. The molecule has 1 atom stereocenters. The van der Waals surface area contributed by atoms with E-state index in [1.807, 2.05) is 0 Å². The summed E-state index contributed by atoms with van der Waals surface area (Å²) in [5.74, 6) is 0.270. The number of hydrogen-bond donors (Lipinski definition) is 1. The van der Waals surface area contributed by atoms with E-state index in [2.05, 4.69) is 0 Å². The molecule has 1 rings (SSSR count). The maximum absolute atomic E-state index is 12.6. The number of nitrogens with two attached hydrogens (primary N) is 1. The van der Waals surface area contributed by atoms with Gasteiger partial charge in [-0.1, -0.05) is 0 Å². The van der Waals surface area contributed by atoms with Crippen molar-refractivity contribution in [2.75, 3.05) is 21.3 Å². The lowest BCUT2D eigenvalue weighted by atomic mass is 10.0. The molecule has 0 unspecified atom stereocenters. The van der Waals surface area contributed by atoms with Crippen LogP contribution in [0.5, 0.6) is 17.2 Å². The van der Waals surface area contributed by atoms with E-state index in [0.717, 1.165) is 0 Å². The number of benzene rings is 1. The molecule has 0 spiro atoms. The van der Waals surface area contributed by atoms with Crippen LogP contribution in [0.1, 0.15) is 11.6 Å². The first kappa shape index (κ1) is 14.4. The molecule has 1 aromatic carbocycles. The molecule has 102 valence electrons. The summed E-state index contributed by atoms with van der Waals surface area (Å²) in [5, 5.41) is 0. The molecule has 0 aliphatic carbocycles. The van der Waals surface area contributed by atoms with Gasteiger partial charge in [-0.15, -0.1) is 0 Å². The Morgan fingerprint density at radius 3 is 1.94 bits per heavy atom. The Kier molecular flexibility index (Phi) is 4.28. The first-order valence-electron chi connectivity index (χ1n) is 4.98. The van der Waals surface area contributed by atoms with Gasteiger partial charge < -0.3 is 19.9 Å². The normalized spacial score (nSPS) is 13.1. The van der Waals surface area contributed by atoms with Crippen molar-refractivity contribution in [3.8, 4) is 17.2 Å². The number of rotatable bonds is 4. The minimum atomic E-state index is -4.56. The van der Waals surface area contributed by atoms with Gasteiger partial charge in [0.25, 0.3) is 0 Å². The molecule has 1 aromatic rings. The van der Waals surface area contributed by atoms with Crippen LogP contribution in [0.25, 0.3) is 0 Å². The molecule has 2 N–H and O–H groups in total. The van der Waals surface area contributed by atoms with Gasteiger partial charge in [0.1, 0.15) is 6.04 Å². The Hall–Kier alpha value is -1.63. The predicted octanol–water partition coefficient (Wildman–Crippen LogP) is 2.27. The van der Waals surface area contributed by atoms with E-state index >= 15 is 0 Å². The van der Waals surface area contributed by atoms with Crippen LogP contribution in [0.15, 0.2) is 12.1 Å². The number of hydrogen-bond acceptors (Lipinski definition) is 4. The molecule has 0 fully saturated rings. The number of alkyl halides is 3. The topological polar surface area (TPSA) is 53.7 Å². The molecule has 0 bridgehead atoms. The minimum absolute atomic E-state index is 0.0807. The number of methoxy groups -OCH3 is 3. The van der Waals surface area contributed by atoms with Crippen molar-refractivity contribution < 1.29 is 27.4 Å². The lowest BCUT2D eigenvalue weighted by molar-refractivity contribution is -0.149. The van der Waals surface area contributed by atoms with E-state index in [1.165, 1.54) is 33.5 Å². The van der Waals surface area contributed by atoms with E-state index in [1.54, 1.807) is 0 Å². The van der Waals surface area contributed by atoms with Crippen LogP contribution in [-0.4, -0.2) is 27.5 Å². The highest BCUT2D eigenvalue weighted by Gasteiger charge is 2.40. The fourth-order valence-corrected chi connectivity index (χ4v) is 1.55. The zero-order chi connectivity index (χ0) is 13.9. The molecule has 0 aromatic heterocycles. The van der Waals surface area contributed by atoms with Crippen LogP contribution in [0, 0.1) is 0 Å². The smallest absolute Gasteiger partial charge is 0.407 e. The van der Waals surface area contributed by atoms with Crippen LogP contribution in [0.4, 0.5) is 13.2 Å². The number of ether oxygens (including phenoxy) is 3. The lowest BCUT2D eigenvalue weighted by Crippen LogP contribution is -2.28. The van der Waals surface area contributed by atoms with Crippen LogP contribution < -0.4 is 19.9 Å². The van der Waals surface area contributed by atoms with Gasteiger partial charge in [0.2, 0.25) is 5.75 Å². The van der Waals surface area contributed by atoms with Crippen molar-refractivity contribution in [2.45, 2.75) is 12.2 Å². The van der Waals surface area contributed by atoms with Crippen molar-refractivity contribution in [3.63, 3.8) is 0 Å². The van der Waals surface area contributed by atoms with Crippen molar-refractivity contribution in [1.29, 1.82) is 0 Å². The Bertz CT molecular complexity index is 421. The van der Waals surface area contributed by atoms with Crippen LogP contribution in [-0.2, 0) is 0 Å². The monoisotopic (exact) mass is 265 g/mol. The second-order valence-electron chi connectivity index (χ2n) is 3.44. The zero-order valence-electron chi connectivity index (χ0n) is 10.2. The van der Waals surface area contributed by atoms with E-state index < -0.39 is 12.2 Å². The van der Waals surface area contributed by atoms with Crippen molar-refractivity contribution in [3.05, 3.63) is 17.7 Å². The first-order valence-corrected chi connectivity index (χ1v) is 4.98. The summed E-state index contributed by atoms with van der Waals surface area (Å²) in [4.78, 5) is 0. The maximum Gasteiger partial charge on any atom is 0.407 e. The standard InChI is InChI=1S/C11H14F3NO3/c1-16-7-5-4-6(10(15)11(12,13)14)8(17-2)9(7)18-3/h4-5,10H,15H2,1-3H3/t10-/m0/s1. The molecule has 0 saturated carbocycles. The molecule has 0 amide bonds. The molecule has 0 saturated heterocycles. The number of halogens is 3. The van der Waals surface area contributed by atoms with Crippen LogP contribution in [0.2, 0.25) is 0 Å². The summed E-state index contributed by atoms with van der Waals surface area (Å²) in [5.41, 5.74) is 4.96. The Labute approximate surface area is 102 Å². The third-order valence-corrected chi connectivity index (χ3v) is 2.42. The second-order valence-corrected chi connectivity index (χ2v) is 3.44. The van der Waals surface area contributed by atoms with E-state index in [-0.39, 0.29) is 22.8 Å². The average molecular weight is 265 g/mol. The van der Waals surface area contributed by atoms with E-state index in [0.29, 0.717) is 0 Å². The van der Waals surface area contributed by atoms with Gasteiger partial charge in [0.05, 0.1) is 21.3 Å². The van der Waals surface area contributed by atoms with Crippen molar-refractivity contribution >= 4 is 0 Å². The Balaban J connectivity index is 3.38. The predicted molar refractivity (Wildman–Crippen MR) is 59.1 cm³/mol. The van der Waals surface area contributed by atoms with E-state index in [9.17, 15) is 13.2 Å². The summed E-state index contributed by atoms with van der Waals surface area (Å²) in [6, 6.07) is 0.410. The van der Waals surface area contributed by atoms with Gasteiger partial charge in [-0.3, -0.25) is 0 Å². The second kappa shape index (κ2) is 5.34. The van der Waals surface area contributed by atoms with Gasteiger partial charge in [0.15, 0.2) is 11.5 Å². The minimum Gasteiger partial charge on any atom is -0.493 e. The molecular formula is C11H14F3NO3. The van der Waals surface area contributed by atoms with Gasteiger partial charge in [-0.05, 0) is 12.1 Å².